The zero-order valence-corrected chi connectivity index (χ0v) is 13.7. The van der Waals surface area contributed by atoms with E-state index in [0.29, 0.717) is 12.0 Å². The van der Waals surface area contributed by atoms with Crippen LogP contribution in [0, 0.1) is 5.41 Å². The SMILES string of the molecule is CC1(C)CCC(NC(=O)N2CCSCC2CC(=O)O)CC1. The highest BCUT2D eigenvalue weighted by molar-refractivity contribution is 7.99. The van der Waals surface area contributed by atoms with Crippen molar-refractivity contribution in [3.8, 4) is 0 Å². The van der Waals surface area contributed by atoms with Crippen LogP contribution < -0.4 is 5.32 Å². The van der Waals surface area contributed by atoms with E-state index in [1.165, 1.54) is 0 Å². The summed E-state index contributed by atoms with van der Waals surface area (Å²) in [5.74, 6) is 0.776. The van der Waals surface area contributed by atoms with E-state index in [0.717, 1.165) is 37.2 Å². The molecule has 1 heterocycles. The molecule has 0 aromatic carbocycles. The lowest BCUT2D eigenvalue weighted by Crippen LogP contribution is -2.53. The summed E-state index contributed by atoms with van der Waals surface area (Å²) < 4.78 is 0. The molecule has 1 aliphatic carbocycles. The molecule has 2 amide bonds. The molecule has 0 spiro atoms. The largest absolute Gasteiger partial charge is 0.481 e. The third-order valence-corrected chi connectivity index (χ3v) is 5.66. The molecule has 1 unspecified atom stereocenters. The molecular formula is C15H26N2O3S. The molecule has 1 saturated carbocycles. The van der Waals surface area contributed by atoms with E-state index in [9.17, 15) is 9.59 Å². The first kappa shape index (κ1) is 16.5. The molecule has 2 N–H and O–H groups in total. The van der Waals surface area contributed by atoms with Crippen molar-refractivity contribution in [3.05, 3.63) is 0 Å². The average molecular weight is 314 g/mol. The van der Waals surface area contributed by atoms with Gasteiger partial charge in [0.05, 0.1) is 12.5 Å². The molecule has 0 radical (unpaired) electrons. The van der Waals surface area contributed by atoms with Crippen molar-refractivity contribution in [1.29, 1.82) is 0 Å². The highest BCUT2D eigenvalue weighted by Gasteiger charge is 2.32. The molecule has 1 aliphatic heterocycles. The van der Waals surface area contributed by atoms with Crippen LogP contribution in [0.2, 0.25) is 0 Å². The fourth-order valence-electron chi connectivity index (χ4n) is 3.09. The van der Waals surface area contributed by atoms with Gasteiger partial charge in [-0.1, -0.05) is 13.8 Å². The maximum atomic E-state index is 12.4. The van der Waals surface area contributed by atoms with Crippen molar-refractivity contribution in [2.75, 3.05) is 18.1 Å². The first-order chi connectivity index (χ1) is 9.87. The Balaban J connectivity index is 1.87. The number of carboxylic acids is 1. The van der Waals surface area contributed by atoms with E-state index in [-0.39, 0.29) is 24.5 Å². The van der Waals surface area contributed by atoms with Gasteiger partial charge in [-0.05, 0) is 31.1 Å². The smallest absolute Gasteiger partial charge is 0.317 e. The lowest BCUT2D eigenvalue weighted by atomic mass is 9.75. The number of hydrogen-bond donors (Lipinski definition) is 2. The fourth-order valence-corrected chi connectivity index (χ4v) is 4.16. The highest BCUT2D eigenvalue weighted by atomic mass is 32.2. The van der Waals surface area contributed by atoms with Crippen molar-refractivity contribution in [3.63, 3.8) is 0 Å². The van der Waals surface area contributed by atoms with Crippen LogP contribution in [0.15, 0.2) is 0 Å². The third-order valence-electron chi connectivity index (χ3n) is 4.57. The van der Waals surface area contributed by atoms with Crippen molar-refractivity contribution < 1.29 is 14.7 Å². The van der Waals surface area contributed by atoms with E-state index in [1.807, 2.05) is 0 Å². The first-order valence-electron chi connectivity index (χ1n) is 7.74. The lowest BCUT2D eigenvalue weighted by Gasteiger charge is -2.38. The summed E-state index contributed by atoms with van der Waals surface area (Å²) in [7, 11) is 0. The van der Waals surface area contributed by atoms with Gasteiger partial charge in [0.2, 0.25) is 0 Å². The topological polar surface area (TPSA) is 69.6 Å². The molecule has 1 atom stereocenters. The Kier molecular flexibility index (Phi) is 5.41. The van der Waals surface area contributed by atoms with Crippen molar-refractivity contribution in [2.45, 2.75) is 58.0 Å². The predicted molar refractivity (Wildman–Crippen MR) is 84.6 cm³/mol. The number of amides is 2. The number of hydrogen-bond acceptors (Lipinski definition) is 3. The summed E-state index contributed by atoms with van der Waals surface area (Å²) in [5.41, 5.74) is 0.384. The van der Waals surface area contributed by atoms with Crippen LogP contribution in [0.1, 0.15) is 46.0 Å². The van der Waals surface area contributed by atoms with Gasteiger partial charge in [-0.2, -0.15) is 11.8 Å². The number of carbonyl (C=O) groups is 2. The van der Waals surface area contributed by atoms with Gasteiger partial charge in [0.1, 0.15) is 0 Å². The molecular weight excluding hydrogens is 288 g/mol. The summed E-state index contributed by atoms with van der Waals surface area (Å²) in [6.07, 6.45) is 4.34. The van der Waals surface area contributed by atoms with Gasteiger partial charge in [0, 0.05) is 24.1 Å². The van der Waals surface area contributed by atoms with E-state index < -0.39 is 5.97 Å². The lowest BCUT2D eigenvalue weighted by molar-refractivity contribution is -0.138. The number of nitrogens with one attached hydrogen (secondary N) is 1. The van der Waals surface area contributed by atoms with E-state index in [4.69, 9.17) is 5.11 Å². The molecule has 21 heavy (non-hydrogen) atoms. The monoisotopic (exact) mass is 314 g/mol. The van der Waals surface area contributed by atoms with E-state index in [2.05, 4.69) is 19.2 Å². The van der Waals surface area contributed by atoms with Gasteiger partial charge in [0.25, 0.3) is 0 Å². The molecule has 0 bridgehead atoms. The van der Waals surface area contributed by atoms with Crippen LogP contribution in [0.3, 0.4) is 0 Å². The van der Waals surface area contributed by atoms with Crippen LogP contribution in [0.4, 0.5) is 4.79 Å². The maximum Gasteiger partial charge on any atom is 0.317 e. The van der Waals surface area contributed by atoms with Gasteiger partial charge in [0.15, 0.2) is 0 Å². The third kappa shape index (κ3) is 4.80. The van der Waals surface area contributed by atoms with Crippen LogP contribution in [0.25, 0.3) is 0 Å². The second-order valence-corrected chi connectivity index (χ2v) is 8.06. The molecule has 2 fully saturated rings. The molecule has 1 saturated heterocycles. The Morgan fingerprint density at radius 1 is 1.33 bits per heavy atom. The number of carboxylic acid groups (broad SMARTS) is 1. The summed E-state index contributed by atoms with van der Waals surface area (Å²) >= 11 is 1.73. The normalized spacial score (nSPS) is 26.4. The number of carbonyl (C=O) groups excluding carboxylic acids is 1. The van der Waals surface area contributed by atoms with Crippen molar-refractivity contribution in [2.24, 2.45) is 5.41 Å². The highest BCUT2D eigenvalue weighted by Crippen LogP contribution is 2.35. The minimum atomic E-state index is -0.834. The second-order valence-electron chi connectivity index (χ2n) is 6.91. The zero-order chi connectivity index (χ0) is 15.5. The van der Waals surface area contributed by atoms with Gasteiger partial charge in [-0.15, -0.1) is 0 Å². The molecule has 6 heteroatoms. The van der Waals surface area contributed by atoms with Gasteiger partial charge in [-0.3, -0.25) is 4.79 Å². The second kappa shape index (κ2) is 6.90. The van der Waals surface area contributed by atoms with Crippen molar-refractivity contribution >= 4 is 23.8 Å². The Labute approximate surface area is 130 Å². The summed E-state index contributed by atoms with van der Waals surface area (Å²) in [5, 5.41) is 12.1. The van der Waals surface area contributed by atoms with E-state index in [1.54, 1.807) is 16.7 Å². The number of aliphatic carboxylic acids is 1. The number of nitrogens with zero attached hydrogens (tertiary/aromatic N) is 1. The Bertz CT molecular complexity index is 390. The average Bonchev–Trinajstić information content (AvgIpc) is 2.41. The standard InChI is InChI=1S/C15H26N2O3S/c1-15(2)5-3-11(4-6-15)16-14(20)17-7-8-21-10-12(17)9-13(18)19/h11-12H,3-10H2,1-2H3,(H,16,20)(H,18,19). The summed E-state index contributed by atoms with van der Waals surface area (Å²) in [6.45, 7) is 5.19. The summed E-state index contributed by atoms with van der Waals surface area (Å²) in [4.78, 5) is 25.1. The maximum absolute atomic E-state index is 12.4. The van der Waals surface area contributed by atoms with Gasteiger partial charge in [-0.25, -0.2) is 4.79 Å². The fraction of sp³-hybridized carbons (Fsp3) is 0.867. The Morgan fingerprint density at radius 3 is 2.62 bits per heavy atom. The zero-order valence-electron chi connectivity index (χ0n) is 12.9. The first-order valence-corrected chi connectivity index (χ1v) is 8.89. The van der Waals surface area contributed by atoms with Gasteiger partial charge >= 0.3 is 12.0 Å². The van der Waals surface area contributed by atoms with Crippen LogP contribution in [-0.4, -0.2) is 52.1 Å². The molecule has 0 aromatic heterocycles. The van der Waals surface area contributed by atoms with Crippen LogP contribution in [-0.2, 0) is 4.79 Å². The predicted octanol–water partition coefficient (Wildman–Crippen LogP) is 2.56. The number of rotatable bonds is 3. The molecule has 5 nitrogen and oxygen atoms in total. The minimum Gasteiger partial charge on any atom is -0.481 e. The number of thioether (sulfide) groups is 1. The Hall–Kier alpha value is -0.910. The molecule has 0 aromatic rings. The quantitative estimate of drug-likeness (QED) is 0.840. The summed E-state index contributed by atoms with van der Waals surface area (Å²) in [6, 6.07) is -0.0156. The van der Waals surface area contributed by atoms with E-state index >= 15 is 0 Å². The molecule has 2 rings (SSSR count). The van der Waals surface area contributed by atoms with Crippen molar-refractivity contribution in [1.82, 2.24) is 10.2 Å². The molecule has 2 aliphatic rings. The van der Waals surface area contributed by atoms with Gasteiger partial charge < -0.3 is 15.3 Å². The van der Waals surface area contributed by atoms with Crippen LogP contribution in [0.5, 0.6) is 0 Å². The minimum absolute atomic E-state index is 0.0398. The van der Waals surface area contributed by atoms with Crippen LogP contribution >= 0.6 is 11.8 Å². The Morgan fingerprint density at radius 2 is 2.00 bits per heavy atom. The molecule has 120 valence electrons. The number of urea groups is 1.